The van der Waals surface area contributed by atoms with Crippen LogP contribution in [0.25, 0.3) is 0 Å². The van der Waals surface area contributed by atoms with E-state index in [9.17, 15) is 0 Å². The van der Waals surface area contributed by atoms with E-state index >= 15 is 0 Å². The third-order valence-electron chi connectivity index (χ3n) is 3.51. The average molecular weight is 249 g/mol. The maximum Gasteiger partial charge on any atom is 0.161 e. The molecule has 0 radical (unpaired) electrons. The fourth-order valence-corrected chi connectivity index (χ4v) is 2.65. The summed E-state index contributed by atoms with van der Waals surface area (Å²) in [6, 6.07) is 4.70. The first-order valence-electron chi connectivity index (χ1n) is 6.64. The van der Waals surface area contributed by atoms with Crippen LogP contribution in [0.3, 0.4) is 0 Å². The fourth-order valence-electron chi connectivity index (χ4n) is 2.65. The van der Waals surface area contributed by atoms with Crippen molar-refractivity contribution in [1.29, 1.82) is 0 Å². The first-order valence-corrected chi connectivity index (χ1v) is 6.64. The molecule has 0 spiro atoms. The van der Waals surface area contributed by atoms with Gasteiger partial charge in [-0.15, -0.1) is 0 Å². The summed E-state index contributed by atoms with van der Waals surface area (Å²) in [5.74, 6) is 2.34. The summed E-state index contributed by atoms with van der Waals surface area (Å²) in [6.07, 6.45) is 2.22. The molecule has 0 fully saturated rings. The lowest BCUT2D eigenvalue weighted by Crippen LogP contribution is -2.30. The number of fused-ring (bicyclic) bond motifs is 1. The minimum Gasteiger partial charge on any atom is -0.493 e. The quantitative estimate of drug-likeness (QED) is 0.890. The van der Waals surface area contributed by atoms with Crippen molar-refractivity contribution in [2.24, 2.45) is 5.92 Å². The summed E-state index contributed by atoms with van der Waals surface area (Å²) < 4.78 is 10.8. The molecule has 3 heteroatoms. The van der Waals surface area contributed by atoms with Crippen molar-refractivity contribution >= 4 is 0 Å². The Hall–Kier alpha value is -1.22. The molecular weight excluding hydrogens is 226 g/mol. The summed E-state index contributed by atoms with van der Waals surface area (Å²) >= 11 is 0. The summed E-state index contributed by atoms with van der Waals surface area (Å²) in [6.45, 7) is 5.56. The Kier molecular flexibility index (Phi) is 4.12. The van der Waals surface area contributed by atoms with Crippen molar-refractivity contribution in [3.05, 3.63) is 23.3 Å². The summed E-state index contributed by atoms with van der Waals surface area (Å²) in [4.78, 5) is 0. The molecule has 100 valence electrons. The number of hydrogen-bond acceptors (Lipinski definition) is 3. The van der Waals surface area contributed by atoms with Gasteiger partial charge in [-0.2, -0.15) is 0 Å². The third-order valence-corrected chi connectivity index (χ3v) is 3.51. The molecule has 3 nitrogen and oxygen atoms in total. The van der Waals surface area contributed by atoms with Gasteiger partial charge in [0.2, 0.25) is 0 Å². The lowest BCUT2D eigenvalue weighted by molar-refractivity contribution is 0.350. The van der Waals surface area contributed by atoms with E-state index in [0.717, 1.165) is 30.9 Å². The topological polar surface area (TPSA) is 30.5 Å². The van der Waals surface area contributed by atoms with Crippen LogP contribution in [0.15, 0.2) is 12.1 Å². The Bertz CT molecular complexity index is 415. The van der Waals surface area contributed by atoms with Gasteiger partial charge in [0.1, 0.15) is 0 Å². The highest BCUT2D eigenvalue weighted by Gasteiger charge is 2.22. The predicted octanol–water partition coefficient (Wildman–Crippen LogP) is 2.94. The van der Waals surface area contributed by atoms with Crippen molar-refractivity contribution in [3.8, 4) is 11.5 Å². The smallest absolute Gasteiger partial charge is 0.161 e. The molecule has 1 N–H and O–H groups in total. The molecule has 1 atom stereocenters. The molecule has 1 heterocycles. The van der Waals surface area contributed by atoms with Crippen molar-refractivity contribution in [3.63, 3.8) is 0 Å². The molecule has 18 heavy (non-hydrogen) atoms. The second-order valence-corrected chi connectivity index (χ2v) is 5.29. The molecule has 0 saturated carbocycles. The lowest BCUT2D eigenvalue weighted by atomic mass is 9.89. The van der Waals surface area contributed by atoms with Crippen LogP contribution in [-0.2, 0) is 6.42 Å². The van der Waals surface area contributed by atoms with Gasteiger partial charge in [-0.1, -0.05) is 13.8 Å². The highest BCUT2D eigenvalue weighted by atomic mass is 16.5. The van der Waals surface area contributed by atoms with Gasteiger partial charge in [0.05, 0.1) is 14.2 Å². The minimum atomic E-state index is 0.438. The highest BCUT2D eigenvalue weighted by Crippen LogP contribution is 2.36. The molecular formula is C15H23NO2. The highest BCUT2D eigenvalue weighted by molar-refractivity contribution is 5.49. The Balaban J connectivity index is 2.37. The number of nitrogens with one attached hydrogen (secondary N) is 1. The second-order valence-electron chi connectivity index (χ2n) is 5.29. The monoisotopic (exact) mass is 249 g/mol. The maximum absolute atomic E-state index is 5.40. The third kappa shape index (κ3) is 2.61. The Morgan fingerprint density at radius 2 is 1.89 bits per heavy atom. The average Bonchev–Trinajstić information content (AvgIpc) is 2.37. The number of benzene rings is 1. The molecule has 0 aliphatic carbocycles. The summed E-state index contributed by atoms with van der Waals surface area (Å²) in [5.41, 5.74) is 2.75. The Morgan fingerprint density at radius 1 is 1.22 bits per heavy atom. The number of methoxy groups -OCH3 is 2. The van der Waals surface area contributed by atoms with E-state index in [-0.39, 0.29) is 0 Å². The normalized spacial score (nSPS) is 18.6. The molecule has 2 rings (SSSR count). The molecule has 1 aliphatic rings. The molecule has 1 aromatic carbocycles. The van der Waals surface area contributed by atoms with Crippen LogP contribution < -0.4 is 14.8 Å². The standard InChI is InChI=1S/C15H23NO2/c1-10(2)7-13-12-9-15(18-4)14(17-3)8-11(12)5-6-16-13/h8-10,13,16H,5-7H2,1-4H3. The SMILES string of the molecule is COc1cc2c(cc1OC)C(CC(C)C)NCC2. The van der Waals surface area contributed by atoms with Crippen LogP contribution in [-0.4, -0.2) is 20.8 Å². The molecule has 1 unspecified atom stereocenters. The zero-order chi connectivity index (χ0) is 13.1. The van der Waals surface area contributed by atoms with Gasteiger partial charge in [0.15, 0.2) is 11.5 Å². The zero-order valence-electron chi connectivity index (χ0n) is 11.7. The van der Waals surface area contributed by atoms with Gasteiger partial charge in [-0.05, 0) is 48.6 Å². The molecule has 1 aliphatic heterocycles. The number of hydrogen-bond donors (Lipinski definition) is 1. The minimum absolute atomic E-state index is 0.438. The van der Waals surface area contributed by atoms with Crippen LogP contribution in [0.4, 0.5) is 0 Å². The Labute approximate surface area is 109 Å². The van der Waals surface area contributed by atoms with Gasteiger partial charge in [-0.3, -0.25) is 0 Å². The molecule has 1 aromatic rings. The van der Waals surface area contributed by atoms with E-state index in [1.54, 1.807) is 14.2 Å². The summed E-state index contributed by atoms with van der Waals surface area (Å²) in [7, 11) is 3.38. The molecule has 0 bridgehead atoms. The van der Waals surface area contributed by atoms with E-state index in [0.29, 0.717) is 12.0 Å². The van der Waals surface area contributed by atoms with Crippen molar-refractivity contribution in [1.82, 2.24) is 5.32 Å². The van der Waals surface area contributed by atoms with Gasteiger partial charge < -0.3 is 14.8 Å². The first kappa shape index (κ1) is 13.2. The Morgan fingerprint density at radius 3 is 2.50 bits per heavy atom. The second kappa shape index (κ2) is 5.61. The van der Waals surface area contributed by atoms with E-state index in [1.807, 2.05) is 0 Å². The number of ether oxygens (including phenoxy) is 2. The van der Waals surface area contributed by atoms with Gasteiger partial charge in [0, 0.05) is 6.04 Å². The largest absolute Gasteiger partial charge is 0.493 e. The van der Waals surface area contributed by atoms with Crippen molar-refractivity contribution < 1.29 is 9.47 Å². The first-order chi connectivity index (χ1) is 8.65. The lowest BCUT2D eigenvalue weighted by Gasteiger charge is -2.29. The van der Waals surface area contributed by atoms with E-state index in [1.165, 1.54) is 11.1 Å². The molecule has 0 aromatic heterocycles. The van der Waals surface area contributed by atoms with E-state index < -0.39 is 0 Å². The van der Waals surface area contributed by atoms with Crippen LogP contribution in [0.5, 0.6) is 11.5 Å². The van der Waals surface area contributed by atoms with Gasteiger partial charge in [0.25, 0.3) is 0 Å². The molecule has 0 saturated heterocycles. The van der Waals surface area contributed by atoms with E-state index in [4.69, 9.17) is 9.47 Å². The maximum atomic E-state index is 5.40. The van der Waals surface area contributed by atoms with Gasteiger partial charge >= 0.3 is 0 Å². The summed E-state index contributed by atoms with van der Waals surface area (Å²) in [5, 5.41) is 3.60. The fraction of sp³-hybridized carbons (Fsp3) is 0.600. The van der Waals surface area contributed by atoms with Gasteiger partial charge in [-0.25, -0.2) is 0 Å². The van der Waals surface area contributed by atoms with Crippen molar-refractivity contribution in [2.75, 3.05) is 20.8 Å². The van der Waals surface area contributed by atoms with Crippen LogP contribution in [0, 0.1) is 5.92 Å². The zero-order valence-corrected chi connectivity index (χ0v) is 11.7. The number of rotatable bonds is 4. The van der Waals surface area contributed by atoms with Crippen LogP contribution in [0.2, 0.25) is 0 Å². The van der Waals surface area contributed by atoms with Crippen molar-refractivity contribution in [2.45, 2.75) is 32.7 Å². The van der Waals surface area contributed by atoms with Crippen LogP contribution >= 0.6 is 0 Å². The predicted molar refractivity (Wildman–Crippen MR) is 73.4 cm³/mol. The van der Waals surface area contributed by atoms with Crippen LogP contribution in [0.1, 0.15) is 37.4 Å². The molecule has 0 amide bonds. The van der Waals surface area contributed by atoms with E-state index in [2.05, 4.69) is 31.3 Å².